The van der Waals surface area contributed by atoms with E-state index in [9.17, 15) is 35.9 Å². The van der Waals surface area contributed by atoms with Crippen LogP contribution in [0.1, 0.15) is 17.5 Å². The number of carbonyl (C=O) groups excluding carboxylic acids is 2. The van der Waals surface area contributed by atoms with Crippen molar-refractivity contribution in [3.63, 3.8) is 0 Å². The zero-order valence-corrected chi connectivity index (χ0v) is 18.1. The Hall–Kier alpha value is -3.26. The van der Waals surface area contributed by atoms with Gasteiger partial charge in [-0.05, 0) is 18.2 Å². The number of rotatable bonds is 10. The van der Waals surface area contributed by atoms with Gasteiger partial charge in [0.25, 0.3) is 5.91 Å². The third-order valence-electron chi connectivity index (χ3n) is 4.47. The van der Waals surface area contributed by atoms with Crippen molar-refractivity contribution >= 4 is 18.4 Å². The Balaban J connectivity index is 2.29. The van der Waals surface area contributed by atoms with Gasteiger partial charge in [-0.15, -0.1) is 5.10 Å². The van der Waals surface area contributed by atoms with Gasteiger partial charge in [-0.2, -0.15) is 26.3 Å². The van der Waals surface area contributed by atoms with E-state index in [1.807, 2.05) is 0 Å². The Bertz CT molecular complexity index is 987. The van der Waals surface area contributed by atoms with E-state index in [-0.39, 0.29) is 19.0 Å². The SMILES string of the molecule is COCCN(C)N(CCC=O)C(=O)/C=C\n1cnc(-c2cc(C(F)(F)F)cc(C(F)(F)F)c2)n1. The number of aldehydes is 1. The van der Waals surface area contributed by atoms with Gasteiger partial charge in [0.15, 0.2) is 5.82 Å². The summed E-state index contributed by atoms with van der Waals surface area (Å²) in [6, 6.07) is 1.03. The Morgan fingerprint density at radius 1 is 1.09 bits per heavy atom. The minimum atomic E-state index is -5.01. The van der Waals surface area contributed by atoms with E-state index >= 15 is 0 Å². The Morgan fingerprint density at radius 3 is 2.24 bits per heavy atom. The zero-order valence-electron chi connectivity index (χ0n) is 18.1. The van der Waals surface area contributed by atoms with E-state index in [4.69, 9.17) is 4.74 Å². The minimum Gasteiger partial charge on any atom is -0.383 e. The van der Waals surface area contributed by atoms with Gasteiger partial charge in [0.05, 0.1) is 17.7 Å². The summed E-state index contributed by atoms with van der Waals surface area (Å²) in [5, 5.41) is 6.64. The molecule has 0 aliphatic rings. The van der Waals surface area contributed by atoms with Crippen molar-refractivity contribution < 1.29 is 40.7 Å². The fraction of sp³-hybridized carbons (Fsp3) is 0.400. The zero-order chi connectivity index (χ0) is 25.5. The number of hydrazine groups is 1. The van der Waals surface area contributed by atoms with Crippen molar-refractivity contribution in [3.8, 4) is 11.4 Å². The van der Waals surface area contributed by atoms with Crippen molar-refractivity contribution in [2.75, 3.05) is 33.9 Å². The molecular formula is C20H21F6N5O3. The van der Waals surface area contributed by atoms with Crippen LogP contribution in [0.25, 0.3) is 17.6 Å². The van der Waals surface area contributed by atoms with E-state index in [0.29, 0.717) is 31.6 Å². The Kier molecular flexibility index (Phi) is 8.93. The lowest BCUT2D eigenvalue weighted by molar-refractivity contribution is -0.144. The number of ether oxygens (including phenoxy) is 1. The van der Waals surface area contributed by atoms with E-state index in [0.717, 1.165) is 23.3 Å². The van der Waals surface area contributed by atoms with E-state index in [2.05, 4.69) is 10.1 Å². The lowest BCUT2D eigenvalue weighted by atomic mass is 10.0. The molecule has 0 saturated heterocycles. The summed E-state index contributed by atoms with van der Waals surface area (Å²) in [6.45, 7) is 0.744. The van der Waals surface area contributed by atoms with Crippen LogP contribution < -0.4 is 0 Å². The normalized spacial score (nSPS) is 12.5. The Morgan fingerprint density at radius 2 is 1.71 bits per heavy atom. The number of aromatic nitrogens is 3. The molecule has 1 aromatic carbocycles. The van der Waals surface area contributed by atoms with E-state index in [1.165, 1.54) is 17.1 Å². The van der Waals surface area contributed by atoms with Crippen LogP contribution in [0.5, 0.6) is 0 Å². The number of alkyl halides is 6. The third kappa shape index (κ3) is 7.38. The summed E-state index contributed by atoms with van der Waals surface area (Å²) in [6.07, 6.45) is -6.08. The molecule has 0 bridgehead atoms. The van der Waals surface area contributed by atoms with E-state index < -0.39 is 40.8 Å². The predicted octanol–water partition coefficient (Wildman–Crippen LogP) is 3.36. The highest BCUT2D eigenvalue weighted by Crippen LogP contribution is 2.38. The number of nitrogens with zero attached hydrogens (tertiary/aromatic N) is 5. The van der Waals surface area contributed by atoms with Crippen molar-refractivity contribution in [2.45, 2.75) is 18.8 Å². The molecule has 0 spiro atoms. The Labute approximate surface area is 190 Å². The fourth-order valence-electron chi connectivity index (χ4n) is 2.76. The molecule has 0 unspecified atom stereocenters. The summed E-state index contributed by atoms with van der Waals surface area (Å²) in [4.78, 5) is 27.0. The van der Waals surface area contributed by atoms with Gasteiger partial charge in [0.2, 0.25) is 0 Å². The molecule has 0 saturated carbocycles. The van der Waals surface area contributed by atoms with Gasteiger partial charge in [0, 0.05) is 51.5 Å². The highest BCUT2D eigenvalue weighted by molar-refractivity contribution is 5.89. The van der Waals surface area contributed by atoms with Crippen LogP contribution in [0, 0.1) is 0 Å². The molecule has 1 heterocycles. The van der Waals surface area contributed by atoms with Crippen LogP contribution in [0.4, 0.5) is 26.3 Å². The van der Waals surface area contributed by atoms with Crippen LogP contribution in [0.2, 0.25) is 0 Å². The number of hydrogen-bond acceptors (Lipinski definition) is 6. The number of amides is 1. The van der Waals surface area contributed by atoms with Crippen LogP contribution in [0.15, 0.2) is 30.6 Å². The largest absolute Gasteiger partial charge is 0.416 e. The van der Waals surface area contributed by atoms with Gasteiger partial charge in [0.1, 0.15) is 12.6 Å². The first-order chi connectivity index (χ1) is 15.9. The maximum Gasteiger partial charge on any atom is 0.416 e. The number of hydrogen-bond donors (Lipinski definition) is 0. The minimum absolute atomic E-state index is 0.00701. The van der Waals surface area contributed by atoms with Crippen LogP contribution in [-0.2, 0) is 26.7 Å². The van der Waals surface area contributed by atoms with Gasteiger partial charge >= 0.3 is 12.4 Å². The van der Waals surface area contributed by atoms with Crippen LogP contribution in [0.3, 0.4) is 0 Å². The quantitative estimate of drug-likeness (QED) is 0.219. The highest BCUT2D eigenvalue weighted by Gasteiger charge is 2.37. The predicted molar refractivity (Wildman–Crippen MR) is 108 cm³/mol. The molecule has 0 N–H and O–H groups in total. The smallest absolute Gasteiger partial charge is 0.383 e. The summed E-state index contributed by atoms with van der Waals surface area (Å²) in [7, 11) is 3.09. The summed E-state index contributed by atoms with van der Waals surface area (Å²) >= 11 is 0. The average Bonchev–Trinajstić information content (AvgIpc) is 3.24. The topological polar surface area (TPSA) is 80.6 Å². The number of methoxy groups -OCH3 is 1. The molecule has 1 aromatic heterocycles. The van der Waals surface area contributed by atoms with Crippen molar-refractivity contribution in [1.29, 1.82) is 0 Å². The molecule has 2 rings (SSSR count). The van der Waals surface area contributed by atoms with Crippen molar-refractivity contribution in [2.24, 2.45) is 0 Å². The van der Waals surface area contributed by atoms with Gasteiger partial charge in [-0.3, -0.25) is 9.80 Å². The lowest BCUT2D eigenvalue weighted by Crippen LogP contribution is -2.45. The number of halogens is 6. The summed E-state index contributed by atoms with van der Waals surface area (Å²) in [5.74, 6) is -0.945. The summed E-state index contributed by atoms with van der Waals surface area (Å²) in [5.41, 5.74) is -3.49. The number of benzene rings is 1. The second kappa shape index (κ2) is 11.2. The molecule has 34 heavy (non-hydrogen) atoms. The second-order valence-electron chi connectivity index (χ2n) is 6.95. The van der Waals surface area contributed by atoms with Gasteiger partial charge in [-0.1, -0.05) is 0 Å². The first kappa shape index (κ1) is 27.0. The molecule has 2 aromatic rings. The first-order valence-corrected chi connectivity index (χ1v) is 9.71. The molecule has 0 radical (unpaired) electrons. The molecule has 0 fully saturated rings. The molecular weight excluding hydrogens is 472 g/mol. The lowest BCUT2D eigenvalue weighted by Gasteiger charge is -2.30. The highest BCUT2D eigenvalue weighted by atomic mass is 19.4. The average molecular weight is 493 g/mol. The molecule has 14 heteroatoms. The third-order valence-corrected chi connectivity index (χ3v) is 4.47. The molecule has 186 valence electrons. The van der Waals surface area contributed by atoms with Crippen LogP contribution >= 0.6 is 0 Å². The van der Waals surface area contributed by atoms with Crippen LogP contribution in [-0.4, -0.2) is 70.8 Å². The maximum absolute atomic E-state index is 13.1. The molecule has 0 aliphatic heterocycles. The number of carbonyl (C=O) groups is 2. The van der Waals surface area contributed by atoms with Gasteiger partial charge < -0.3 is 9.53 Å². The molecule has 8 nitrogen and oxygen atoms in total. The second-order valence-corrected chi connectivity index (χ2v) is 6.95. The maximum atomic E-state index is 13.1. The fourth-order valence-corrected chi connectivity index (χ4v) is 2.76. The van der Waals surface area contributed by atoms with E-state index in [1.54, 1.807) is 7.05 Å². The molecule has 0 aliphatic carbocycles. The number of likely N-dealkylation sites (N-methyl/N-ethyl adjacent to an activating group) is 1. The monoisotopic (exact) mass is 493 g/mol. The first-order valence-electron chi connectivity index (χ1n) is 9.71. The van der Waals surface area contributed by atoms with Crippen molar-refractivity contribution in [3.05, 3.63) is 41.7 Å². The molecule has 1 amide bonds. The van der Waals surface area contributed by atoms with Crippen molar-refractivity contribution in [1.82, 2.24) is 24.8 Å². The van der Waals surface area contributed by atoms with Gasteiger partial charge in [-0.25, -0.2) is 14.7 Å². The molecule has 0 atom stereocenters. The summed E-state index contributed by atoms with van der Waals surface area (Å²) < 4.78 is 84.4. The standard InChI is InChI=1S/C20H21F6N5O3/c1-29(7-9-34-2)31(5-3-8-32)17(33)4-6-30-13-27-18(28-30)14-10-15(19(21,22)23)12-16(11-14)20(24,25)26/h4,6,8,10-13H,3,5,7,9H2,1-2H3/b6-4-.